The van der Waals surface area contributed by atoms with Crippen molar-refractivity contribution < 1.29 is 14.3 Å². The van der Waals surface area contributed by atoms with Crippen LogP contribution in [0.5, 0.6) is 0 Å². The van der Waals surface area contributed by atoms with Crippen LogP contribution in [0.15, 0.2) is 4.99 Å². The molecule has 0 bridgehead atoms. The maximum Gasteiger partial charge on any atom is 0.225 e. The van der Waals surface area contributed by atoms with Crippen molar-refractivity contribution in [2.24, 2.45) is 10.9 Å². The monoisotopic (exact) mass is 510 g/mol. The van der Waals surface area contributed by atoms with E-state index in [1.165, 1.54) is 0 Å². The Hall–Kier alpha value is -0.610. The number of methoxy groups -OCH3 is 1. The number of nitrogens with one attached hydrogen (secondary N) is 2. The number of piperidine rings is 1. The number of hydrogen-bond donors (Lipinski definition) is 2. The molecule has 0 radical (unpaired) electrons. The van der Waals surface area contributed by atoms with Crippen LogP contribution in [-0.4, -0.2) is 75.4 Å². The Kier molecular flexibility index (Phi) is 11.7. The van der Waals surface area contributed by atoms with Crippen LogP contribution >= 0.6 is 24.0 Å². The number of halogens is 1. The number of nitrogens with zero attached hydrogens (tertiary/aromatic N) is 2. The number of likely N-dealkylation sites (tertiary alicyclic amines) is 1. The van der Waals surface area contributed by atoms with Crippen LogP contribution in [0.3, 0.4) is 0 Å². The van der Waals surface area contributed by atoms with E-state index in [2.05, 4.69) is 29.5 Å². The molecule has 0 spiro atoms. The van der Waals surface area contributed by atoms with E-state index in [4.69, 9.17) is 9.47 Å². The molecule has 2 fully saturated rings. The molecule has 8 heteroatoms. The van der Waals surface area contributed by atoms with Gasteiger partial charge in [0.2, 0.25) is 5.91 Å². The van der Waals surface area contributed by atoms with Gasteiger partial charge >= 0.3 is 0 Å². The number of guanidine groups is 1. The molecule has 7 nitrogen and oxygen atoms in total. The van der Waals surface area contributed by atoms with Crippen LogP contribution < -0.4 is 10.6 Å². The molecule has 1 amide bonds. The first kappa shape index (κ1) is 25.4. The standard InChI is InChI=1S/C20H38N4O3.HI/c1-5-16(6-2)18(25)24-11-7-17(8-12-24)23-19(21-3)22-15-20(26-4)9-13-27-14-10-20;/h16-17H,5-15H2,1-4H3,(H2,21,22,23);1H. The summed E-state index contributed by atoms with van der Waals surface area (Å²) in [5, 5.41) is 6.94. The van der Waals surface area contributed by atoms with Gasteiger partial charge in [0, 0.05) is 71.8 Å². The predicted octanol–water partition coefficient (Wildman–Crippen LogP) is 2.39. The van der Waals surface area contributed by atoms with E-state index in [1.807, 2.05) is 4.90 Å². The quantitative estimate of drug-likeness (QED) is 0.313. The van der Waals surface area contributed by atoms with E-state index < -0.39 is 0 Å². The number of aliphatic imine (C=N–C) groups is 1. The molecule has 2 aliphatic rings. The van der Waals surface area contributed by atoms with Crippen LogP contribution in [-0.2, 0) is 14.3 Å². The summed E-state index contributed by atoms with van der Waals surface area (Å²) < 4.78 is 11.2. The van der Waals surface area contributed by atoms with Gasteiger partial charge < -0.3 is 25.0 Å². The van der Waals surface area contributed by atoms with Gasteiger partial charge in [0.15, 0.2) is 5.96 Å². The molecule has 0 aromatic rings. The van der Waals surface area contributed by atoms with Crippen LogP contribution in [0.1, 0.15) is 52.4 Å². The third-order valence-corrected chi connectivity index (χ3v) is 6.12. The van der Waals surface area contributed by atoms with Gasteiger partial charge in [0.1, 0.15) is 0 Å². The predicted molar refractivity (Wildman–Crippen MR) is 123 cm³/mol. The van der Waals surface area contributed by atoms with E-state index in [0.29, 0.717) is 11.9 Å². The molecule has 2 rings (SSSR count). The highest BCUT2D eigenvalue weighted by Gasteiger charge is 2.33. The lowest BCUT2D eigenvalue weighted by Gasteiger charge is -2.37. The third-order valence-electron chi connectivity index (χ3n) is 6.12. The van der Waals surface area contributed by atoms with Crippen molar-refractivity contribution in [2.75, 3.05) is 47.0 Å². The minimum atomic E-state index is -0.180. The highest BCUT2D eigenvalue weighted by atomic mass is 127. The molecule has 28 heavy (non-hydrogen) atoms. The fraction of sp³-hybridized carbons (Fsp3) is 0.900. The first-order chi connectivity index (χ1) is 13.1. The van der Waals surface area contributed by atoms with Gasteiger partial charge in [-0.15, -0.1) is 24.0 Å². The first-order valence-corrected chi connectivity index (χ1v) is 10.5. The zero-order valence-corrected chi connectivity index (χ0v) is 20.3. The average Bonchev–Trinajstić information content (AvgIpc) is 2.73. The van der Waals surface area contributed by atoms with E-state index in [-0.39, 0.29) is 35.5 Å². The van der Waals surface area contributed by atoms with Gasteiger partial charge in [-0.25, -0.2) is 0 Å². The summed E-state index contributed by atoms with van der Waals surface area (Å²) in [4.78, 5) is 18.9. The lowest BCUT2D eigenvalue weighted by Crippen LogP contribution is -2.54. The third kappa shape index (κ3) is 7.02. The molecular formula is C20H39IN4O3. The Balaban J connectivity index is 0.00000392. The van der Waals surface area contributed by atoms with Crippen molar-refractivity contribution in [3.05, 3.63) is 0 Å². The molecule has 0 unspecified atom stereocenters. The molecule has 0 aromatic heterocycles. The molecular weight excluding hydrogens is 471 g/mol. The Morgan fingerprint density at radius 2 is 1.86 bits per heavy atom. The molecule has 2 saturated heterocycles. The van der Waals surface area contributed by atoms with Crippen molar-refractivity contribution in [3.63, 3.8) is 0 Å². The van der Waals surface area contributed by atoms with Gasteiger partial charge in [-0.2, -0.15) is 0 Å². The number of rotatable bonds is 7. The Morgan fingerprint density at radius 1 is 1.25 bits per heavy atom. The molecule has 2 aliphatic heterocycles. The molecule has 0 saturated carbocycles. The van der Waals surface area contributed by atoms with E-state index >= 15 is 0 Å². The topological polar surface area (TPSA) is 75.2 Å². The zero-order chi connectivity index (χ0) is 19.7. The maximum absolute atomic E-state index is 12.5. The van der Waals surface area contributed by atoms with Crippen molar-refractivity contribution in [3.8, 4) is 0 Å². The average molecular weight is 510 g/mol. The van der Waals surface area contributed by atoms with Gasteiger partial charge in [0.05, 0.1) is 5.60 Å². The van der Waals surface area contributed by atoms with Gasteiger partial charge in [-0.05, 0) is 25.7 Å². The Labute approximate surface area is 187 Å². The lowest BCUT2D eigenvalue weighted by atomic mass is 9.94. The molecule has 0 aromatic carbocycles. The normalized spacial score (nSPS) is 20.6. The Bertz CT molecular complexity index is 486. The van der Waals surface area contributed by atoms with Crippen LogP contribution in [0.2, 0.25) is 0 Å². The van der Waals surface area contributed by atoms with Crippen LogP contribution in [0.25, 0.3) is 0 Å². The zero-order valence-electron chi connectivity index (χ0n) is 18.0. The molecule has 2 N–H and O–H groups in total. The fourth-order valence-corrected chi connectivity index (χ4v) is 3.97. The van der Waals surface area contributed by atoms with Crippen molar-refractivity contribution in [2.45, 2.75) is 64.0 Å². The van der Waals surface area contributed by atoms with Crippen LogP contribution in [0.4, 0.5) is 0 Å². The van der Waals surface area contributed by atoms with E-state index in [9.17, 15) is 4.79 Å². The Morgan fingerprint density at radius 3 is 2.36 bits per heavy atom. The van der Waals surface area contributed by atoms with Gasteiger partial charge in [-0.1, -0.05) is 13.8 Å². The highest BCUT2D eigenvalue weighted by Crippen LogP contribution is 2.23. The van der Waals surface area contributed by atoms with Crippen molar-refractivity contribution >= 4 is 35.8 Å². The summed E-state index contributed by atoms with van der Waals surface area (Å²) in [7, 11) is 3.57. The largest absolute Gasteiger partial charge is 0.381 e. The van der Waals surface area contributed by atoms with Crippen molar-refractivity contribution in [1.29, 1.82) is 0 Å². The molecule has 2 heterocycles. The summed E-state index contributed by atoms with van der Waals surface area (Å²) in [6.07, 6.45) is 5.55. The highest BCUT2D eigenvalue weighted by molar-refractivity contribution is 14.0. The van der Waals surface area contributed by atoms with E-state index in [0.717, 1.165) is 77.3 Å². The molecule has 164 valence electrons. The summed E-state index contributed by atoms with van der Waals surface area (Å²) in [5.41, 5.74) is -0.180. The second-order valence-electron chi connectivity index (χ2n) is 7.68. The minimum absolute atomic E-state index is 0. The first-order valence-electron chi connectivity index (χ1n) is 10.5. The SMILES string of the molecule is CCC(CC)C(=O)N1CCC(NC(=NC)NCC2(OC)CCOCC2)CC1.I. The minimum Gasteiger partial charge on any atom is -0.381 e. The lowest BCUT2D eigenvalue weighted by molar-refractivity contribution is -0.136. The second-order valence-corrected chi connectivity index (χ2v) is 7.68. The van der Waals surface area contributed by atoms with Crippen molar-refractivity contribution in [1.82, 2.24) is 15.5 Å². The summed E-state index contributed by atoms with van der Waals surface area (Å²) in [6, 6.07) is 0.343. The fourth-order valence-electron chi connectivity index (χ4n) is 3.97. The smallest absolute Gasteiger partial charge is 0.225 e. The number of carbonyl (C=O) groups is 1. The number of carbonyl (C=O) groups excluding carboxylic acids is 1. The summed E-state index contributed by atoms with van der Waals surface area (Å²) >= 11 is 0. The summed E-state index contributed by atoms with van der Waals surface area (Å²) in [5.74, 6) is 1.30. The van der Waals surface area contributed by atoms with Crippen LogP contribution in [0, 0.1) is 5.92 Å². The summed E-state index contributed by atoms with van der Waals surface area (Å²) in [6.45, 7) is 8.04. The second kappa shape index (κ2) is 12.8. The molecule has 0 atom stereocenters. The van der Waals surface area contributed by atoms with Gasteiger partial charge in [0.25, 0.3) is 0 Å². The molecule has 0 aliphatic carbocycles. The number of hydrogen-bond acceptors (Lipinski definition) is 4. The van der Waals surface area contributed by atoms with Gasteiger partial charge in [-0.3, -0.25) is 9.79 Å². The number of amides is 1. The van der Waals surface area contributed by atoms with E-state index in [1.54, 1.807) is 14.2 Å². The maximum atomic E-state index is 12.5. The number of ether oxygens (including phenoxy) is 2.